The Hall–Kier alpha value is -1.58. The molecule has 5 aliphatic rings. The maximum atomic E-state index is 12.6. The summed E-state index contributed by atoms with van der Waals surface area (Å²) in [6.45, 7) is 6.65. The second-order valence-corrected chi connectivity index (χ2v) is 8.17. The maximum Gasteiger partial charge on any atom is 0.325 e. The molecule has 6 atom stereocenters. The molecule has 5 rings (SSSR count). The first-order valence-corrected chi connectivity index (χ1v) is 7.61. The molecule has 3 aliphatic carbocycles. The van der Waals surface area contributed by atoms with Gasteiger partial charge in [0, 0.05) is 5.41 Å². The number of esters is 1. The first-order valence-electron chi connectivity index (χ1n) is 7.61. The van der Waals surface area contributed by atoms with Crippen molar-refractivity contribution in [3.63, 3.8) is 0 Å². The molecule has 2 aliphatic heterocycles. The second-order valence-electron chi connectivity index (χ2n) is 8.17. The lowest BCUT2D eigenvalue weighted by Gasteiger charge is -2.63. The zero-order valence-corrected chi connectivity index (χ0v) is 12.4. The minimum absolute atomic E-state index is 0.0629. The summed E-state index contributed by atoms with van der Waals surface area (Å²) in [5.74, 6) is -0.177. The third-order valence-electron chi connectivity index (χ3n) is 6.79. The first kappa shape index (κ1) is 12.0. The van der Waals surface area contributed by atoms with Crippen LogP contribution in [0, 0.1) is 27.6 Å². The van der Waals surface area contributed by atoms with E-state index < -0.39 is 16.9 Å². The van der Waals surface area contributed by atoms with Gasteiger partial charge >= 0.3 is 5.97 Å². The molecule has 0 N–H and O–H groups in total. The third-order valence-corrected chi connectivity index (χ3v) is 6.79. The highest BCUT2D eigenvalue weighted by atomic mass is 16.6. The quantitative estimate of drug-likeness (QED) is 0.505. The largest absolute Gasteiger partial charge is 0.496 e. The Morgan fingerprint density at radius 1 is 1.24 bits per heavy atom. The predicted octanol–water partition coefficient (Wildman–Crippen LogP) is 2.00. The minimum atomic E-state index is -1.11. The smallest absolute Gasteiger partial charge is 0.325 e. The Kier molecular flexibility index (Phi) is 1.62. The van der Waals surface area contributed by atoms with Crippen molar-refractivity contribution >= 4 is 11.8 Å². The van der Waals surface area contributed by atoms with Gasteiger partial charge in [-0.25, -0.2) is 0 Å². The van der Waals surface area contributed by atoms with Gasteiger partial charge in [0.15, 0.2) is 11.2 Å². The Labute approximate surface area is 123 Å². The molecule has 0 bridgehead atoms. The summed E-state index contributed by atoms with van der Waals surface area (Å²) in [4.78, 5) is 25.1. The monoisotopic (exact) mass is 286 g/mol. The van der Waals surface area contributed by atoms with Crippen LogP contribution in [0.3, 0.4) is 0 Å². The lowest BCUT2D eigenvalue weighted by Crippen LogP contribution is -2.76. The molecule has 2 heterocycles. The van der Waals surface area contributed by atoms with Gasteiger partial charge in [0.05, 0.1) is 11.7 Å². The molecule has 110 valence electrons. The molecular weight excluding hydrogens is 268 g/mol. The number of ether oxygens (including phenoxy) is 2. The molecule has 0 aromatic carbocycles. The van der Waals surface area contributed by atoms with Crippen LogP contribution in [0.15, 0.2) is 24.5 Å². The van der Waals surface area contributed by atoms with Crippen molar-refractivity contribution in [3.05, 3.63) is 24.5 Å². The van der Waals surface area contributed by atoms with Gasteiger partial charge in [-0.15, -0.1) is 0 Å². The summed E-state index contributed by atoms with van der Waals surface area (Å²) in [6.07, 6.45) is 7.58. The molecule has 0 radical (unpaired) electrons. The lowest BCUT2D eigenvalue weighted by atomic mass is 9.34. The van der Waals surface area contributed by atoms with Crippen molar-refractivity contribution in [2.75, 3.05) is 0 Å². The summed E-state index contributed by atoms with van der Waals surface area (Å²) in [7, 11) is 0. The molecule has 1 unspecified atom stereocenters. The third kappa shape index (κ3) is 0.787. The molecule has 4 nitrogen and oxygen atoms in total. The van der Waals surface area contributed by atoms with E-state index in [2.05, 4.69) is 26.8 Å². The molecule has 2 spiro atoms. The van der Waals surface area contributed by atoms with Crippen molar-refractivity contribution in [1.29, 1.82) is 0 Å². The summed E-state index contributed by atoms with van der Waals surface area (Å²) in [5, 5.41) is 0. The summed E-state index contributed by atoms with van der Waals surface area (Å²) >= 11 is 0. The first-order chi connectivity index (χ1) is 9.83. The Balaban J connectivity index is 1.82. The van der Waals surface area contributed by atoms with Crippen LogP contribution in [0.4, 0.5) is 0 Å². The Morgan fingerprint density at radius 2 is 2.00 bits per heavy atom. The average Bonchev–Trinajstić information content (AvgIpc) is 2.99. The topological polar surface area (TPSA) is 52.6 Å². The van der Waals surface area contributed by atoms with Crippen molar-refractivity contribution in [2.45, 2.75) is 39.4 Å². The maximum absolute atomic E-state index is 12.6. The molecular formula is C17H18O4. The highest BCUT2D eigenvalue weighted by Gasteiger charge is 2.97. The van der Waals surface area contributed by atoms with E-state index in [0.717, 1.165) is 6.42 Å². The van der Waals surface area contributed by atoms with E-state index in [-0.39, 0.29) is 28.7 Å². The van der Waals surface area contributed by atoms with Gasteiger partial charge in [-0.2, -0.15) is 0 Å². The van der Waals surface area contributed by atoms with Crippen LogP contribution in [0.25, 0.3) is 0 Å². The van der Waals surface area contributed by atoms with Gasteiger partial charge in [0.2, 0.25) is 0 Å². The molecule has 0 aromatic rings. The van der Waals surface area contributed by atoms with Crippen LogP contribution in [-0.4, -0.2) is 24.0 Å². The number of carbonyl (C=O) groups is 2. The van der Waals surface area contributed by atoms with Gasteiger partial charge < -0.3 is 9.47 Å². The van der Waals surface area contributed by atoms with Crippen LogP contribution < -0.4 is 0 Å². The Bertz CT molecular complexity index is 669. The van der Waals surface area contributed by atoms with Crippen LogP contribution in [0.5, 0.6) is 0 Å². The fourth-order valence-corrected chi connectivity index (χ4v) is 6.31. The number of hydrogen-bond donors (Lipinski definition) is 0. The fourth-order valence-electron chi connectivity index (χ4n) is 6.31. The van der Waals surface area contributed by atoms with E-state index in [0.29, 0.717) is 5.92 Å². The van der Waals surface area contributed by atoms with Crippen LogP contribution >= 0.6 is 0 Å². The number of ketones is 1. The van der Waals surface area contributed by atoms with Gasteiger partial charge in [0.1, 0.15) is 12.2 Å². The molecule has 1 saturated heterocycles. The number of rotatable bonds is 0. The van der Waals surface area contributed by atoms with Crippen LogP contribution in [0.2, 0.25) is 0 Å². The predicted molar refractivity (Wildman–Crippen MR) is 72.9 cm³/mol. The summed E-state index contributed by atoms with van der Waals surface area (Å²) < 4.78 is 11.5. The molecule has 4 heteroatoms. The minimum Gasteiger partial charge on any atom is -0.496 e. The van der Waals surface area contributed by atoms with Gasteiger partial charge in [-0.1, -0.05) is 26.8 Å². The standard InChI is InChI=1S/C17H18O4/c1-14(2,3)9-8-11-16-5-4-10(18)17(16,13(19)21-11)12-15(9,16)6-7-20-12/h4-7,9,11-12H,8H2,1-3H3/t9-,11+,12+,15+,16?,17+/m0/s1. The molecule has 2 saturated carbocycles. The molecule has 3 fully saturated rings. The SMILES string of the molecule is CC(C)(C)[C@@H]1C[C@H]2OC(=O)[C@]34C(=O)C=CC23[C@]12C=CO[C@@H]42. The van der Waals surface area contributed by atoms with E-state index in [1.165, 1.54) is 0 Å². The van der Waals surface area contributed by atoms with Crippen LogP contribution in [0.1, 0.15) is 27.2 Å². The van der Waals surface area contributed by atoms with E-state index in [1.54, 1.807) is 12.3 Å². The lowest BCUT2D eigenvalue weighted by molar-refractivity contribution is -0.225. The van der Waals surface area contributed by atoms with Gasteiger partial charge in [-0.05, 0) is 29.9 Å². The number of hydrogen-bond acceptors (Lipinski definition) is 4. The number of carbonyl (C=O) groups excluding carboxylic acids is 2. The second kappa shape index (κ2) is 2.83. The normalized spacial score (nSPS) is 54.9. The fraction of sp³-hybridized carbons (Fsp3) is 0.647. The highest BCUT2D eigenvalue weighted by molar-refractivity contribution is 6.17. The van der Waals surface area contributed by atoms with Gasteiger partial charge in [0.25, 0.3) is 0 Å². The van der Waals surface area contributed by atoms with E-state index >= 15 is 0 Å². The van der Waals surface area contributed by atoms with Crippen molar-refractivity contribution in [3.8, 4) is 0 Å². The summed E-state index contributed by atoms with van der Waals surface area (Å²) in [6, 6.07) is 0. The molecule has 0 amide bonds. The van der Waals surface area contributed by atoms with Crippen molar-refractivity contribution in [2.24, 2.45) is 27.6 Å². The van der Waals surface area contributed by atoms with Crippen LogP contribution in [-0.2, 0) is 19.1 Å². The zero-order chi connectivity index (χ0) is 14.8. The molecule has 0 aromatic heterocycles. The molecule has 21 heavy (non-hydrogen) atoms. The van der Waals surface area contributed by atoms with Crippen molar-refractivity contribution < 1.29 is 19.1 Å². The van der Waals surface area contributed by atoms with E-state index in [4.69, 9.17) is 9.47 Å². The summed E-state index contributed by atoms with van der Waals surface area (Å²) in [5.41, 5.74) is -1.83. The van der Waals surface area contributed by atoms with Crippen molar-refractivity contribution in [1.82, 2.24) is 0 Å². The van der Waals surface area contributed by atoms with Gasteiger partial charge in [-0.3, -0.25) is 9.59 Å². The average molecular weight is 286 g/mol. The highest BCUT2D eigenvalue weighted by Crippen LogP contribution is 2.86. The zero-order valence-electron chi connectivity index (χ0n) is 12.4. The number of allylic oxidation sites excluding steroid dienone is 1. The van der Waals surface area contributed by atoms with E-state index in [1.807, 2.05) is 6.08 Å². The Morgan fingerprint density at radius 3 is 2.71 bits per heavy atom. The van der Waals surface area contributed by atoms with E-state index in [9.17, 15) is 9.59 Å².